The normalized spacial score (nSPS) is 10.8. The monoisotopic (exact) mass is 290 g/mol. The van der Waals surface area contributed by atoms with Gasteiger partial charge in [0.25, 0.3) is 0 Å². The van der Waals surface area contributed by atoms with Crippen molar-refractivity contribution in [2.45, 2.75) is 6.61 Å². The molecule has 0 fully saturated rings. The number of nitrogen functional groups attached to an aromatic ring is 1. The number of thiazole rings is 1. The molecule has 2 aromatic carbocycles. The predicted octanol–water partition coefficient (Wildman–Crippen LogP) is 4.11. The minimum atomic E-state index is 0.416. The molecule has 0 saturated carbocycles. The second-order valence-corrected chi connectivity index (χ2v) is 5.55. The Kier molecular flexibility index (Phi) is 3.27. The molecule has 0 spiro atoms. The van der Waals surface area contributed by atoms with E-state index in [-0.39, 0.29) is 0 Å². The number of hydrogen-bond donors (Lipinski definition) is 1. The summed E-state index contributed by atoms with van der Waals surface area (Å²) in [4.78, 5) is 4.49. The number of anilines is 1. The maximum absolute atomic E-state index is 6.12. The first kappa shape index (κ1) is 12.3. The highest BCUT2D eigenvalue weighted by Crippen LogP contribution is 2.29. The number of nitrogens with zero attached hydrogens (tertiary/aromatic N) is 1. The van der Waals surface area contributed by atoms with E-state index < -0.39 is 0 Å². The number of benzene rings is 2. The Labute approximate surface area is 119 Å². The fourth-order valence-electron chi connectivity index (χ4n) is 1.77. The van der Waals surface area contributed by atoms with Crippen molar-refractivity contribution in [3.63, 3.8) is 0 Å². The fraction of sp³-hybridized carbons (Fsp3) is 0.0714. The average Bonchev–Trinajstić information content (AvgIpc) is 2.81. The molecule has 0 amide bonds. The van der Waals surface area contributed by atoms with Gasteiger partial charge in [0.1, 0.15) is 17.4 Å². The molecule has 1 heterocycles. The van der Waals surface area contributed by atoms with Gasteiger partial charge in [-0.05, 0) is 24.3 Å². The van der Waals surface area contributed by atoms with Crippen molar-refractivity contribution in [1.29, 1.82) is 0 Å². The summed E-state index contributed by atoms with van der Waals surface area (Å²) in [6.45, 7) is 0.416. The van der Waals surface area contributed by atoms with Crippen LogP contribution in [-0.2, 0) is 6.61 Å². The molecule has 2 N–H and O–H groups in total. The zero-order chi connectivity index (χ0) is 13.2. The number of fused-ring (bicyclic) bond motifs is 1. The lowest BCUT2D eigenvalue weighted by Gasteiger charge is -2.03. The van der Waals surface area contributed by atoms with Gasteiger partial charge in [-0.15, -0.1) is 11.3 Å². The van der Waals surface area contributed by atoms with Gasteiger partial charge in [-0.25, -0.2) is 4.98 Å². The van der Waals surface area contributed by atoms with Crippen molar-refractivity contribution >= 4 is 38.8 Å². The van der Waals surface area contributed by atoms with Gasteiger partial charge in [0, 0.05) is 11.8 Å². The topological polar surface area (TPSA) is 48.1 Å². The number of nitrogens with two attached hydrogens (primary N) is 1. The SMILES string of the molecule is Nc1cccc(OCc2nc3cccc(Cl)c3s2)c1. The Hall–Kier alpha value is -1.78. The first-order chi connectivity index (χ1) is 9.22. The molecule has 3 nitrogen and oxygen atoms in total. The summed E-state index contributed by atoms with van der Waals surface area (Å²) >= 11 is 7.67. The van der Waals surface area contributed by atoms with Gasteiger partial charge >= 0.3 is 0 Å². The van der Waals surface area contributed by atoms with Crippen LogP contribution in [0, 0.1) is 0 Å². The van der Waals surface area contributed by atoms with Crippen LogP contribution in [-0.4, -0.2) is 4.98 Å². The summed E-state index contributed by atoms with van der Waals surface area (Å²) < 4.78 is 6.66. The summed E-state index contributed by atoms with van der Waals surface area (Å²) in [5.74, 6) is 0.741. The molecule has 1 aromatic heterocycles. The molecule has 0 radical (unpaired) electrons. The van der Waals surface area contributed by atoms with Crippen molar-refractivity contribution < 1.29 is 4.74 Å². The van der Waals surface area contributed by atoms with Crippen LogP contribution in [0.3, 0.4) is 0 Å². The van der Waals surface area contributed by atoms with Gasteiger partial charge in [0.2, 0.25) is 0 Å². The van der Waals surface area contributed by atoms with Crippen LogP contribution in [0.2, 0.25) is 5.02 Å². The van der Waals surface area contributed by atoms with E-state index in [9.17, 15) is 0 Å². The standard InChI is InChI=1S/C14H11ClN2OS/c15-11-5-2-6-12-14(11)19-13(17-12)8-18-10-4-1-3-9(16)7-10/h1-7H,8,16H2. The molecule has 19 heavy (non-hydrogen) atoms. The van der Waals surface area contributed by atoms with Crippen LogP contribution in [0.15, 0.2) is 42.5 Å². The highest BCUT2D eigenvalue weighted by molar-refractivity contribution is 7.19. The Balaban J connectivity index is 1.80. The lowest BCUT2D eigenvalue weighted by atomic mass is 10.3. The molecule has 0 aliphatic rings. The molecule has 0 bridgehead atoms. The van der Waals surface area contributed by atoms with Crippen molar-refractivity contribution in [3.8, 4) is 5.75 Å². The first-order valence-electron chi connectivity index (χ1n) is 5.74. The van der Waals surface area contributed by atoms with Gasteiger partial charge in [0.15, 0.2) is 0 Å². The van der Waals surface area contributed by atoms with E-state index in [1.807, 2.05) is 36.4 Å². The van der Waals surface area contributed by atoms with Crippen LogP contribution >= 0.6 is 22.9 Å². The Morgan fingerprint density at radius 3 is 2.84 bits per heavy atom. The summed E-state index contributed by atoms with van der Waals surface area (Å²) in [6, 6.07) is 13.1. The van der Waals surface area contributed by atoms with Crippen LogP contribution < -0.4 is 10.5 Å². The third kappa shape index (κ3) is 2.64. The molecule has 0 unspecified atom stereocenters. The maximum atomic E-state index is 6.12. The van der Waals surface area contributed by atoms with Gasteiger partial charge in [0.05, 0.1) is 15.2 Å². The zero-order valence-electron chi connectivity index (χ0n) is 9.97. The van der Waals surface area contributed by atoms with Crippen molar-refractivity contribution in [1.82, 2.24) is 4.98 Å². The molecule has 3 rings (SSSR count). The van der Waals surface area contributed by atoms with E-state index in [0.717, 1.165) is 26.0 Å². The molecule has 0 saturated heterocycles. The van der Waals surface area contributed by atoms with Crippen LogP contribution in [0.1, 0.15) is 5.01 Å². The number of rotatable bonds is 3. The highest BCUT2D eigenvalue weighted by atomic mass is 35.5. The van der Waals surface area contributed by atoms with E-state index in [4.69, 9.17) is 22.1 Å². The van der Waals surface area contributed by atoms with E-state index in [0.29, 0.717) is 12.3 Å². The second-order valence-electron chi connectivity index (χ2n) is 4.06. The number of halogens is 1. The van der Waals surface area contributed by atoms with E-state index in [2.05, 4.69) is 4.98 Å². The lowest BCUT2D eigenvalue weighted by Crippen LogP contribution is -1.95. The summed E-state index contributed by atoms with van der Waals surface area (Å²) in [6.07, 6.45) is 0. The molecule has 96 valence electrons. The molecule has 0 aliphatic heterocycles. The lowest BCUT2D eigenvalue weighted by molar-refractivity contribution is 0.306. The third-order valence-electron chi connectivity index (χ3n) is 2.63. The predicted molar refractivity (Wildman–Crippen MR) is 79.8 cm³/mol. The molecule has 5 heteroatoms. The van der Waals surface area contributed by atoms with Crippen LogP contribution in [0.5, 0.6) is 5.75 Å². The quantitative estimate of drug-likeness (QED) is 0.738. The largest absolute Gasteiger partial charge is 0.486 e. The minimum absolute atomic E-state index is 0.416. The third-order valence-corrected chi connectivity index (χ3v) is 4.14. The van der Waals surface area contributed by atoms with E-state index in [1.54, 1.807) is 17.4 Å². The number of hydrogen-bond acceptors (Lipinski definition) is 4. The van der Waals surface area contributed by atoms with Gasteiger partial charge < -0.3 is 10.5 Å². The fourth-order valence-corrected chi connectivity index (χ4v) is 2.94. The Morgan fingerprint density at radius 2 is 2.05 bits per heavy atom. The van der Waals surface area contributed by atoms with Crippen LogP contribution in [0.25, 0.3) is 10.2 Å². The molecule has 3 aromatic rings. The Bertz CT molecular complexity index is 726. The average molecular weight is 291 g/mol. The summed E-state index contributed by atoms with van der Waals surface area (Å²) in [5, 5.41) is 1.62. The number of ether oxygens (including phenoxy) is 1. The minimum Gasteiger partial charge on any atom is -0.486 e. The van der Waals surface area contributed by atoms with Crippen molar-refractivity contribution in [3.05, 3.63) is 52.5 Å². The number of aromatic nitrogens is 1. The van der Waals surface area contributed by atoms with E-state index >= 15 is 0 Å². The second kappa shape index (κ2) is 5.07. The van der Waals surface area contributed by atoms with Gasteiger partial charge in [-0.2, -0.15) is 0 Å². The van der Waals surface area contributed by atoms with Crippen molar-refractivity contribution in [2.75, 3.05) is 5.73 Å². The van der Waals surface area contributed by atoms with Crippen molar-refractivity contribution in [2.24, 2.45) is 0 Å². The highest BCUT2D eigenvalue weighted by Gasteiger charge is 2.07. The smallest absolute Gasteiger partial charge is 0.140 e. The van der Waals surface area contributed by atoms with Gasteiger partial charge in [-0.3, -0.25) is 0 Å². The van der Waals surface area contributed by atoms with Crippen LogP contribution in [0.4, 0.5) is 5.69 Å². The maximum Gasteiger partial charge on any atom is 0.140 e. The van der Waals surface area contributed by atoms with E-state index in [1.165, 1.54) is 0 Å². The molecular weight excluding hydrogens is 280 g/mol. The zero-order valence-corrected chi connectivity index (χ0v) is 11.5. The molecule has 0 atom stereocenters. The molecular formula is C14H11ClN2OS. The van der Waals surface area contributed by atoms with Gasteiger partial charge in [-0.1, -0.05) is 23.7 Å². The summed E-state index contributed by atoms with van der Waals surface area (Å²) in [5.41, 5.74) is 7.29. The first-order valence-corrected chi connectivity index (χ1v) is 6.94. The molecule has 0 aliphatic carbocycles. The Morgan fingerprint density at radius 1 is 1.21 bits per heavy atom. The summed E-state index contributed by atoms with van der Waals surface area (Å²) in [7, 11) is 0.